The fraction of sp³-hybridized carbons (Fsp3) is 0.192. The first-order valence-electron chi connectivity index (χ1n) is 10.6. The maximum atomic E-state index is 13.3. The second-order valence-corrected chi connectivity index (χ2v) is 10.8. The molecule has 1 aromatic heterocycles. The minimum atomic E-state index is -4.51. The Hall–Kier alpha value is -3.43. The number of aromatic nitrogens is 2. The van der Waals surface area contributed by atoms with Crippen molar-refractivity contribution in [2.24, 2.45) is 0 Å². The lowest BCUT2D eigenvalue weighted by Crippen LogP contribution is -2.15. The first-order valence-corrected chi connectivity index (χ1v) is 12.5. The van der Waals surface area contributed by atoms with Gasteiger partial charge in [-0.2, -0.15) is 13.2 Å². The van der Waals surface area contributed by atoms with Crippen LogP contribution in [0.5, 0.6) is 0 Å². The Bertz CT molecular complexity index is 1480. The first-order chi connectivity index (χ1) is 16.2. The highest BCUT2D eigenvalue weighted by molar-refractivity contribution is 7.90. The molecule has 0 fully saturated rings. The second-order valence-electron chi connectivity index (χ2n) is 8.80. The van der Waals surface area contributed by atoms with Crippen LogP contribution in [0.15, 0.2) is 83.9 Å². The van der Waals surface area contributed by atoms with Crippen LogP contribution in [0.4, 0.5) is 13.2 Å². The van der Waals surface area contributed by atoms with Crippen molar-refractivity contribution in [1.82, 2.24) is 9.55 Å². The first kappa shape index (κ1) is 24.7. The summed E-state index contributed by atoms with van der Waals surface area (Å²) in [5.41, 5.74) is 0.533. The highest BCUT2D eigenvalue weighted by Crippen LogP contribution is 2.34. The maximum Gasteiger partial charge on any atom is 0.416 e. The third-order valence-corrected chi connectivity index (χ3v) is 6.63. The second kappa shape index (κ2) is 8.66. The quantitative estimate of drug-likeness (QED) is 0.373. The van der Waals surface area contributed by atoms with E-state index in [0.29, 0.717) is 16.9 Å². The number of hydrogen-bond acceptors (Lipinski definition) is 4. The Labute approximate surface area is 201 Å². The molecule has 9 heteroatoms. The van der Waals surface area contributed by atoms with Gasteiger partial charge in [0.1, 0.15) is 11.4 Å². The summed E-state index contributed by atoms with van der Waals surface area (Å²) in [5, 5.41) is 10.5. The normalized spacial score (nSPS) is 12.7. The number of imidazole rings is 1. The van der Waals surface area contributed by atoms with Crippen molar-refractivity contribution in [3.63, 3.8) is 0 Å². The molecule has 0 aliphatic carbocycles. The molecule has 0 bridgehead atoms. The van der Waals surface area contributed by atoms with Crippen molar-refractivity contribution >= 4 is 9.84 Å². The molecule has 5 nitrogen and oxygen atoms in total. The smallest absolute Gasteiger partial charge is 0.384 e. The summed E-state index contributed by atoms with van der Waals surface area (Å²) in [6, 6.07) is 18.5. The molecule has 1 heterocycles. The fourth-order valence-electron chi connectivity index (χ4n) is 3.63. The molecule has 0 aliphatic heterocycles. The Morgan fingerprint density at radius 2 is 1.49 bits per heavy atom. The summed E-state index contributed by atoms with van der Waals surface area (Å²) in [5.74, 6) is 0.250. The molecular formula is C26H23F3N2O3S. The number of halogens is 3. The van der Waals surface area contributed by atoms with Gasteiger partial charge in [-0.3, -0.25) is 4.57 Å². The molecule has 3 aromatic carbocycles. The van der Waals surface area contributed by atoms with Crippen molar-refractivity contribution in [3.05, 3.63) is 90.3 Å². The number of rotatable bonds is 5. The van der Waals surface area contributed by atoms with Crippen LogP contribution in [0.3, 0.4) is 0 Å². The number of aliphatic hydroxyl groups is 1. The molecule has 0 amide bonds. The average Bonchev–Trinajstić information content (AvgIpc) is 3.24. The van der Waals surface area contributed by atoms with E-state index in [2.05, 4.69) is 4.98 Å². The SMILES string of the molecule is CC(C)(O)c1cn(-c2ccc(-c3cccc(S(C)(=O)=O)c3)cc2)c(-c2cccc(C(F)(F)F)c2)n1. The van der Waals surface area contributed by atoms with Crippen LogP contribution in [0.25, 0.3) is 28.2 Å². The molecule has 0 aliphatic rings. The summed E-state index contributed by atoms with van der Waals surface area (Å²) in [4.78, 5) is 4.65. The molecule has 0 unspecified atom stereocenters. The Kier molecular flexibility index (Phi) is 6.11. The van der Waals surface area contributed by atoms with Gasteiger partial charge in [0.2, 0.25) is 0 Å². The van der Waals surface area contributed by atoms with E-state index in [4.69, 9.17) is 0 Å². The lowest BCUT2D eigenvalue weighted by atomic mass is 10.1. The Balaban J connectivity index is 1.80. The fourth-order valence-corrected chi connectivity index (χ4v) is 4.30. The Morgan fingerprint density at radius 3 is 2.09 bits per heavy atom. The predicted molar refractivity (Wildman–Crippen MR) is 128 cm³/mol. The van der Waals surface area contributed by atoms with E-state index in [9.17, 15) is 26.7 Å². The van der Waals surface area contributed by atoms with E-state index in [0.717, 1.165) is 24.0 Å². The summed E-state index contributed by atoms with van der Waals surface area (Å²) in [7, 11) is -3.36. The standard InChI is InChI=1S/C26H23F3N2O3S/c1-25(2,32)23-16-31(24(30-23)19-7-4-8-20(14-19)26(27,28)29)21-12-10-17(11-13-21)18-6-5-9-22(15-18)35(3,33)34/h4-16,32H,1-3H3. The third-order valence-electron chi connectivity index (χ3n) is 5.52. The average molecular weight is 501 g/mol. The van der Waals surface area contributed by atoms with Crippen molar-refractivity contribution in [3.8, 4) is 28.2 Å². The van der Waals surface area contributed by atoms with Crippen LogP contribution in [-0.2, 0) is 21.6 Å². The molecular weight excluding hydrogens is 477 g/mol. The van der Waals surface area contributed by atoms with Crippen LogP contribution in [0, 0.1) is 0 Å². The van der Waals surface area contributed by atoms with Crippen LogP contribution in [-0.4, -0.2) is 29.3 Å². The lowest BCUT2D eigenvalue weighted by Gasteiger charge is -2.13. The van der Waals surface area contributed by atoms with Crippen molar-refractivity contribution in [1.29, 1.82) is 0 Å². The lowest BCUT2D eigenvalue weighted by molar-refractivity contribution is -0.137. The van der Waals surface area contributed by atoms with E-state index < -0.39 is 27.2 Å². The van der Waals surface area contributed by atoms with E-state index in [1.807, 2.05) is 0 Å². The minimum Gasteiger partial charge on any atom is -0.384 e. The number of benzene rings is 3. The monoisotopic (exact) mass is 500 g/mol. The van der Waals surface area contributed by atoms with E-state index in [1.54, 1.807) is 67.1 Å². The predicted octanol–water partition coefficient (Wildman–Crippen LogP) is 5.86. The van der Waals surface area contributed by atoms with Crippen LogP contribution in [0.2, 0.25) is 0 Å². The van der Waals surface area contributed by atoms with Gasteiger partial charge in [-0.15, -0.1) is 0 Å². The van der Waals surface area contributed by atoms with Crippen LogP contribution in [0.1, 0.15) is 25.1 Å². The van der Waals surface area contributed by atoms with Gasteiger partial charge >= 0.3 is 6.18 Å². The molecule has 0 radical (unpaired) electrons. The molecule has 35 heavy (non-hydrogen) atoms. The third kappa shape index (κ3) is 5.31. The van der Waals surface area contributed by atoms with Gasteiger partial charge in [-0.05, 0) is 61.4 Å². The number of sulfone groups is 1. The largest absolute Gasteiger partial charge is 0.416 e. The van der Waals surface area contributed by atoms with Crippen LogP contribution < -0.4 is 0 Å². The van der Waals surface area contributed by atoms with Gasteiger partial charge < -0.3 is 5.11 Å². The zero-order valence-electron chi connectivity index (χ0n) is 19.2. The van der Waals surface area contributed by atoms with Gasteiger partial charge in [-0.25, -0.2) is 13.4 Å². The molecule has 182 valence electrons. The molecule has 4 aromatic rings. The zero-order chi connectivity index (χ0) is 25.6. The molecule has 1 N–H and O–H groups in total. The summed E-state index contributed by atoms with van der Waals surface area (Å²) < 4.78 is 65.3. The van der Waals surface area contributed by atoms with Gasteiger partial charge in [0.05, 0.1) is 16.2 Å². The maximum absolute atomic E-state index is 13.3. The highest BCUT2D eigenvalue weighted by Gasteiger charge is 2.31. The Morgan fingerprint density at radius 1 is 0.857 bits per heavy atom. The zero-order valence-corrected chi connectivity index (χ0v) is 20.0. The van der Waals surface area contributed by atoms with Crippen LogP contribution >= 0.6 is 0 Å². The van der Waals surface area contributed by atoms with Gasteiger partial charge in [0.25, 0.3) is 0 Å². The van der Waals surface area contributed by atoms with E-state index in [-0.39, 0.29) is 16.3 Å². The van der Waals surface area contributed by atoms with Crippen molar-refractivity contribution in [2.75, 3.05) is 6.26 Å². The minimum absolute atomic E-state index is 0.204. The topological polar surface area (TPSA) is 72.2 Å². The molecule has 0 saturated carbocycles. The van der Waals surface area contributed by atoms with Gasteiger partial charge in [0.15, 0.2) is 9.84 Å². The molecule has 4 rings (SSSR count). The molecule has 0 spiro atoms. The summed E-state index contributed by atoms with van der Waals surface area (Å²) in [6.07, 6.45) is -1.77. The van der Waals surface area contributed by atoms with Crippen molar-refractivity contribution in [2.45, 2.75) is 30.5 Å². The highest BCUT2D eigenvalue weighted by atomic mass is 32.2. The van der Waals surface area contributed by atoms with E-state index >= 15 is 0 Å². The van der Waals surface area contributed by atoms with Gasteiger partial charge in [0, 0.05) is 23.7 Å². The molecule has 0 atom stereocenters. The van der Waals surface area contributed by atoms with Gasteiger partial charge in [-0.1, -0.05) is 36.4 Å². The molecule has 0 saturated heterocycles. The summed E-state index contributed by atoms with van der Waals surface area (Å²) >= 11 is 0. The number of alkyl halides is 3. The number of nitrogens with zero attached hydrogens (tertiary/aromatic N) is 2. The van der Waals surface area contributed by atoms with E-state index in [1.165, 1.54) is 18.2 Å². The number of hydrogen-bond donors (Lipinski definition) is 1. The summed E-state index contributed by atoms with van der Waals surface area (Å²) in [6.45, 7) is 3.10. The van der Waals surface area contributed by atoms with Crippen molar-refractivity contribution < 1.29 is 26.7 Å².